The number of esters is 2. The SMILES string of the molecule is COc1ccnc(C(=O)N[C@@H](C)C(=O)O[C@H](C(C)C)[C@H](C)Oc2ccc(F)cc2C)c1OCOC(C)=O. The maximum absolute atomic E-state index is 13.4. The summed E-state index contributed by atoms with van der Waals surface area (Å²) in [6.45, 7) is 9.41. The van der Waals surface area contributed by atoms with Gasteiger partial charge in [0.1, 0.15) is 29.8 Å². The molecule has 1 amide bonds. The van der Waals surface area contributed by atoms with Crippen LogP contribution in [0.4, 0.5) is 4.39 Å². The highest BCUT2D eigenvalue weighted by Crippen LogP contribution is 2.29. The second-order valence-corrected chi connectivity index (χ2v) is 8.66. The Bertz CT molecular complexity index is 1110. The zero-order chi connectivity index (χ0) is 27.7. The summed E-state index contributed by atoms with van der Waals surface area (Å²) in [6.07, 6.45) is 0.118. The first-order valence-corrected chi connectivity index (χ1v) is 11.7. The summed E-state index contributed by atoms with van der Waals surface area (Å²) < 4.78 is 40.4. The van der Waals surface area contributed by atoms with Crippen molar-refractivity contribution in [2.24, 2.45) is 5.92 Å². The Morgan fingerprint density at radius 2 is 1.78 bits per heavy atom. The summed E-state index contributed by atoms with van der Waals surface area (Å²) >= 11 is 0. The zero-order valence-corrected chi connectivity index (χ0v) is 22.0. The third-order valence-corrected chi connectivity index (χ3v) is 5.29. The lowest BCUT2D eigenvalue weighted by Crippen LogP contribution is -2.45. The summed E-state index contributed by atoms with van der Waals surface area (Å²) in [4.78, 5) is 40.9. The molecule has 0 spiro atoms. The van der Waals surface area contributed by atoms with Crippen LogP contribution in [0.2, 0.25) is 0 Å². The monoisotopic (exact) mass is 520 g/mol. The standard InChI is InChI=1S/C26H33FN2O8/c1-14(2)23(17(5)36-20-9-8-19(27)12-15(20)3)37-26(32)16(4)29-25(31)22-24(35-13-34-18(6)30)21(33-7)10-11-28-22/h8-12,14,16-17,23H,13H2,1-7H3,(H,29,31)/t16-,17-,23+/m0/s1. The van der Waals surface area contributed by atoms with Gasteiger partial charge in [-0.3, -0.25) is 9.59 Å². The van der Waals surface area contributed by atoms with Crippen molar-refractivity contribution >= 4 is 17.8 Å². The number of hydrogen-bond donors (Lipinski definition) is 1. The smallest absolute Gasteiger partial charge is 0.328 e. The second-order valence-electron chi connectivity index (χ2n) is 8.66. The molecule has 1 N–H and O–H groups in total. The zero-order valence-electron chi connectivity index (χ0n) is 22.0. The molecular formula is C26H33FN2O8. The molecule has 2 rings (SSSR count). The minimum absolute atomic E-state index is 0.0546. The van der Waals surface area contributed by atoms with Gasteiger partial charge in [-0.05, 0) is 50.5 Å². The fraction of sp³-hybridized carbons (Fsp3) is 0.462. The van der Waals surface area contributed by atoms with Crippen molar-refractivity contribution in [2.75, 3.05) is 13.9 Å². The average Bonchev–Trinajstić information content (AvgIpc) is 2.83. The summed E-state index contributed by atoms with van der Waals surface area (Å²) in [5.74, 6) is -1.88. The average molecular weight is 521 g/mol. The van der Waals surface area contributed by atoms with E-state index in [2.05, 4.69) is 10.3 Å². The topological polar surface area (TPSA) is 122 Å². The molecule has 1 aromatic heterocycles. The van der Waals surface area contributed by atoms with E-state index in [0.29, 0.717) is 11.3 Å². The van der Waals surface area contributed by atoms with Gasteiger partial charge >= 0.3 is 11.9 Å². The second kappa shape index (κ2) is 13.4. The van der Waals surface area contributed by atoms with Crippen molar-refractivity contribution in [1.82, 2.24) is 10.3 Å². The van der Waals surface area contributed by atoms with Crippen molar-refractivity contribution in [3.63, 3.8) is 0 Å². The number of carbonyl (C=O) groups excluding carboxylic acids is 3. The largest absolute Gasteiger partial charge is 0.493 e. The van der Waals surface area contributed by atoms with Gasteiger partial charge in [0.25, 0.3) is 5.91 Å². The number of nitrogens with one attached hydrogen (secondary N) is 1. The van der Waals surface area contributed by atoms with Crippen LogP contribution < -0.4 is 19.5 Å². The molecule has 0 bridgehead atoms. The first kappa shape index (κ1) is 29.3. The van der Waals surface area contributed by atoms with Crippen molar-refractivity contribution in [1.29, 1.82) is 0 Å². The molecule has 202 valence electrons. The van der Waals surface area contributed by atoms with Crippen molar-refractivity contribution in [2.45, 2.75) is 59.8 Å². The molecule has 1 heterocycles. The van der Waals surface area contributed by atoms with Crippen LogP contribution in [0.3, 0.4) is 0 Å². The van der Waals surface area contributed by atoms with Crippen LogP contribution in [0.1, 0.15) is 50.7 Å². The van der Waals surface area contributed by atoms with Crippen molar-refractivity contribution in [3.05, 3.63) is 47.5 Å². The highest BCUT2D eigenvalue weighted by Gasteiger charge is 2.30. The maximum Gasteiger partial charge on any atom is 0.328 e. The molecule has 37 heavy (non-hydrogen) atoms. The Morgan fingerprint density at radius 3 is 2.38 bits per heavy atom. The van der Waals surface area contributed by atoms with E-state index < -0.39 is 42.9 Å². The number of pyridine rings is 1. The number of nitrogens with zero attached hydrogens (tertiary/aromatic N) is 1. The molecule has 0 aliphatic heterocycles. The van der Waals surface area contributed by atoms with E-state index in [0.717, 1.165) is 0 Å². The van der Waals surface area contributed by atoms with Crippen LogP contribution in [0, 0.1) is 18.7 Å². The van der Waals surface area contributed by atoms with Crippen molar-refractivity contribution < 1.29 is 42.5 Å². The molecule has 0 fully saturated rings. The fourth-order valence-electron chi connectivity index (χ4n) is 3.41. The number of carbonyl (C=O) groups is 3. The normalized spacial score (nSPS) is 13.2. The van der Waals surface area contributed by atoms with Gasteiger partial charge in [-0.15, -0.1) is 0 Å². The highest BCUT2D eigenvalue weighted by atomic mass is 19.1. The predicted molar refractivity (Wildman–Crippen MR) is 131 cm³/mol. The molecule has 0 aliphatic carbocycles. The van der Waals surface area contributed by atoms with Crippen LogP contribution >= 0.6 is 0 Å². The van der Waals surface area contributed by atoms with Gasteiger partial charge in [0, 0.05) is 19.2 Å². The minimum atomic E-state index is -1.05. The van der Waals surface area contributed by atoms with E-state index in [-0.39, 0.29) is 28.9 Å². The fourth-order valence-corrected chi connectivity index (χ4v) is 3.41. The molecule has 1 aromatic carbocycles. The number of aromatic nitrogens is 1. The van der Waals surface area contributed by atoms with Gasteiger partial charge in [-0.25, -0.2) is 14.2 Å². The molecule has 0 saturated carbocycles. The number of halogens is 1. The van der Waals surface area contributed by atoms with Gasteiger partial charge in [-0.1, -0.05) is 13.8 Å². The van der Waals surface area contributed by atoms with E-state index in [4.69, 9.17) is 23.7 Å². The predicted octanol–water partition coefficient (Wildman–Crippen LogP) is 3.59. The van der Waals surface area contributed by atoms with Gasteiger partial charge in [0.15, 0.2) is 17.2 Å². The minimum Gasteiger partial charge on any atom is -0.493 e. The molecule has 0 radical (unpaired) electrons. The number of amides is 1. The number of rotatable bonds is 12. The van der Waals surface area contributed by atoms with Crippen molar-refractivity contribution in [3.8, 4) is 17.2 Å². The number of hydrogen-bond acceptors (Lipinski definition) is 9. The highest BCUT2D eigenvalue weighted by molar-refractivity contribution is 5.98. The van der Waals surface area contributed by atoms with Gasteiger partial charge in [0.2, 0.25) is 6.79 Å². The molecule has 3 atom stereocenters. The summed E-state index contributed by atoms with van der Waals surface area (Å²) in [7, 11) is 1.37. The Hall–Kier alpha value is -3.89. The number of methoxy groups -OCH3 is 1. The van der Waals surface area contributed by atoms with Crippen LogP contribution in [-0.4, -0.2) is 55.0 Å². The molecule has 2 aromatic rings. The van der Waals surface area contributed by atoms with Crippen LogP contribution in [0.15, 0.2) is 30.5 Å². The third-order valence-electron chi connectivity index (χ3n) is 5.29. The Morgan fingerprint density at radius 1 is 1.08 bits per heavy atom. The lowest BCUT2D eigenvalue weighted by molar-refractivity contribution is -0.158. The Kier molecular flexibility index (Phi) is 10.6. The van der Waals surface area contributed by atoms with E-state index >= 15 is 0 Å². The molecule has 0 saturated heterocycles. The van der Waals surface area contributed by atoms with Crippen LogP contribution in [0.25, 0.3) is 0 Å². The maximum atomic E-state index is 13.4. The van der Waals surface area contributed by atoms with E-state index in [1.165, 1.54) is 51.4 Å². The lowest BCUT2D eigenvalue weighted by Gasteiger charge is -2.29. The first-order valence-electron chi connectivity index (χ1n) is 11.7. The summed E-state index contributed by atoms with van der Waals surface area (Å²) in [5.41, 5.74) is 0.439. The third kappa shape index (κ3) is 8.33. The van der Waals surface area contributed by atoms with Gasteiger partial charge in [-0.2, -0.15) is 0 Å². The molecular weight excluding hydrogens is 487 g/mol. The molecule has 0 aliphatic rings. The number of benzene rings is 1. The first-order chi connectivity index (χ1) is 17.4. The Labute approximate surface area is 215 Å². The summed E-state index contributed by atoms with van der Waals surface area (Å²) in [5, 5.41) is 2.53. The van der Waals surface area contributed by atoms with Crippen LogP contribution in [-0.2, 0) is 19.1 Å². The van der Waals surface area contributed by atoms with Crippen LogP contribution in [0.5, 0.6) is 17.2 Å². The van der Waals surface area contributed by atoms with E-state index in [9.17, 15) is 18.8 Å². The Balaban J connectivity index is 2.10. The van der Waals surface area contributed by atoms with E-state index in [1.54, 1.807) is 13.8 Å². The van der Waals surface area contributed by atoms with E-state index in [1.807, 2.05) is 13.8 Å². The number of aryl methyl sites for hydroxylation is 1. The molecule has 10 nitrogen and oxygen atoms in total. The molecule has 0 unspecified atom stereocenters. The van der Waals surface area contributed by atoms with Gasteiger partial charge < -0.3 is 29.0 Å². The summed E-state index contributed by atoms with van der Waals surface area (Å²) in [6, 6.07) is 4.58. The van der Waals surface area contributed by atoms with Gasteiger partial charge in [0.05, 0.1) is 7.11 Å². The number of ether oxygens (including phenoxy) is 5. The quantitative estimate of drug-likeness (QED) is 0.330. The molecule has 11 heteroatoms. The lowest BCUT2D eigenvalue weighted by atomic mass is 10.0.